The van der Waals surface area contributed by atoms with E-state index in [1.807, 2.05) is 42.2 Å². The average Bonchev–Trinajstić information content (AvgIpc) is 3.21. The quantitative estimate of drug-likeness (QED) is 0.603. The third-order valence-electron chi connectivity index (χ3n) is 5.55. The van der Waals surface area contributed by atoms with Crippen LogP contribution in [0, 0.1) is 0 Å². The highest BCUT2D eigenvalue weighted by Crippen LogP contribution is 2.22. The molecule has 0 spiro atoms. The minimum atomic E-state index is -0.975. The van der Waals surface area contributed by atoms with Crippen molar-refractivity contribution < 1.29 is 24.2 Å². The van der Waals surface area contributed by atoms with E-state index < -0.39 is 24.1 Å². The van der Waals surface area contributed by atoms with E-state index in [-0.39, 0.29) is 18.5 Å². The summed E-state index contributed by atoms with van der Waals surface area (Å²) in [7, 11) is 0. The van der Waals surface area contributed by atoms with Crippen LogP contribution in [0.15, 0.2) is 30.3 Å². The van der Waals surface area contributed by atoms with E-state index in [0.717, 1.165) is 5.56 Å². The third kappa shape index (κ3) is 5.79. The van der Waals surface area contributed by atoms with Crippen molar-refractivity contribution in [2.45, 2.75) is 64.6 Å². The Morgan fingerprint density at radius 2 is 1.93 bits per heavy atom. The van der Waals surface area contributed by atoms with E-state index in [4.69, 9.17) is 4.74 Å². The monoisotopic (exact) mass is 404 g/mol. The lowest BCUT2D eigenvalue weighted by Crippen LogP contribution is -2.55. The lowest BCUT2D eigenvalue weighted by atomic mass is 10.0. The van der Waals surface area contributed by atoms with Gasteiger partial charge in [0.2, 0.25) is 5.91 Å². The third-order valence-corrected chi connectivity index (χ3v) is 5.55. The molecular weight excluding hydrogens is 372 g/mol. The second-order valence-corrected chi connectivity index (χ2v) is 7.33. The topological polar surface area (TPSA) is 87.2 Å². The second kappa shape index (κ2) is 11.0. The van der Waals surface area contributed by atoms with Gasteiger partial charge in [-0.05, 0) is 51.6 Å². The number of amides is 1. The van der Waals surface area contributed by atoms with Gasteiger partial charge in [0, 0.05) is 6.54 Å². The minimum absolute atomic E-state index is 0.245. The number of nitrogens with zero attached hydrogens (tertiary/aromatic N) is 2. The Kier molecular flexibility index (Phi) is 8.64. The molecule has 1 amide bonds. The number of carbonyl (C=O) groups is 3. The maximum absolute atomic E-state index is 13.1. The molecule has 0 unspecified atom stereocenters. The Bertz CT molecular complexity index is 694. The summed E-state index contributed by atoms with van der Waals surface area (Å²) in [5.74, 6) is -1.57. The van der Waals surface area contributed by atoms with Gasteiger partial charge in [0.05, 0.1) is 12.6 Å². The zero-order chi connectivity index (χ0) is 21.4. The highest BCUT2D eigenvalue weighted by Gasteiger charge is 2.40. The molecule has 1 aliphatic rings. The van der Waals surface area contributed by atoms with Crippen LogP contribution in [-0.4, -0.2) is 70.6 Å². The first-order valence-corrected chi connectivity index (χ1v) is 10.4. The van der Waals surface area contributed by atoms with Crippen molar-refractivity contribution in [1.82, 2.24) is 9.80 Å². The predicted octanol–water partition coefficient (Wildman–Crippen LogP) is 2.34. The van der Waals surface area contributed by atoms with Crippen molar-refractivity contribution in [3.63, 3.8) is 0 Å². The largest absolute Gasteiger partial charge is 0.480 e. The van der Waals surface area contributed by atoms with Gasteiger partial charge in [0.1, 0.15) is 12.1 Å². The van der Waals surface area contributed by atoms with Crippen LogP contribution in [0.4, 0.5) is 0 Å². The number of carboxylic acid groups (broad SMARTS) is 1. The summed E-state index contributed by atoms with van der Waals surface area (Å²) < 4.78 is 5.29. The van der Waals surface area contributed by atoms with Gasteiger partial charge in [0.15, 0.2) is 0 Å². The van der Waals surface area contributed by atoms with E-state index in [0.29, 0.717) is 38.8 Å². The highest BCUT2D eigenvalue weighted by atomic mass is 16.5. The van der Waals surface area contributed by atoms with Gasteiger partial charge in [-0.3, -0.25) is 14.5 Å². The Labute approximate surface area is 172 Å². The van der Waals surface area contributed by atoms with Gasteiger partial charge >= 0.3 is 11.9 Å². The summed E-state index contributed by atoms with van der Waals surface area (Å²) in [6, 6.07) is 7.92. The molecule has 7 heteroatoms. The summed E-state index contributed by atoms with van der Waals surface area (Å²) in [5.41, 5.74) is 1.11. The van der Waals surface area contributed by atoms with Crippen LogP contribution in [0.1, 0.15) is 45.6 Å². The Hall–Kier alpha value is -2.41. The van der Waals surface area contributed by atoms with Crippen LogP contribution < -0.4 is 0 Å². The van der Waals surface area contributed by atoms with E-state index in [2.05, 4.69) is 0 Å². The number of benzene rings is 1. The number of ether oxygens (including phenoxy) is 1. The van der Waals surface area contributed by atoms with Gasteiger partial charge in [-0.25, -0.2) is 4.79 Å². The van der Waals surface area contributed by atoms with Crippen LogP contribution in [0.2, 0.25) is 0 Å². The summed E-state index contributed by atoms with van der Waals surface area (Å²) in [6.07, 6.45) is 2.35. The second-order valence-electron chi connectivity index (χ2n) is 7.33. The maximum Gasteiger partial charge on any atom is 0.326 e. The van der Waals surface area contributed by atoms with Crippen LogP contribution in [-0.2, 0) is 25.5 Å². The minimum Gasteiger partial charge on any atom is -0.480 e. The molecule has 1 heterocycles. The van der Waals surface area contributed by atoms with Gasteiger partial charge in [-0.15, -0.1) is 0 Å². The number of hydrogen-bond donors (Lipinski definition) is 1. The molecule has 0 radical (unpaired) electrons. The maximum atomic E-state index is 13.1. The summed E-state index contributed by atoms with van der Waals surface area (Å²) in [4.78, 5) is 40.5. The van der Waals surface area contributed by atoms with Gasteiger partial charge in [0.25, 0.3) is 0 Å². The number of likely N-dealkylation sites (N-methyl/N-ethyl adjacent to an activating group) is 1. The molecule has 7 nitrogen and oxygen atoms in total. The molecule has 1 saturated heterocycles. The fourth-order valence-electron chi connectivity index (χ4n) is 4.04. The lowest BCUT2D eigenvalue weighted by Gasteiger charge is -2.36. The molecule has 1 N–H and O–H groups in total. The average molecular weight is 405 g/mol. The van der Waals surface area contributed by atoms with E-state index >= 15 is 0 Å². The molecule has 0 aliphatic carbocycles. The molecule has 1 fully saturated rings. The normalized spacial score (nSPS) is 18.5. The molecule has 0 bridgehead atoms. The first kappa shape index (κ1) is 22.9. The predicted molar refractivity (Wildman–Crippen MR) is 109 cm³/mol. The number of aliphatic carboxylic acids is 1. The van der Waals surface area contributed by atoms with E-state index in [1.165, 1.54) is 4.90 Å². The molecule has 3 atom stereocenters. The molecular formula is C22H32N2O5. The number of esters is 1. The van der Waals surface area contributed by atoms with Crippen LogP contribution in [0.25, 0.3) is 0 Å². The summed E-state index contributed by atoms with van der Waals surface area (Å²) >= 11 is 0. The van der Waals surface area contributed by atoms with Crippen molar-refractivity contribution in [3.05, 3.63) is 35.9 Å². The van der Waals surface area contributed by atoms with Crippen LogP contribution >= 0.6 is 0 Å². The molecule has 29 heavy (non-hydrogen) atoms. The number of carboxylic acids is 1. The zero-order valence-electron chi connectivity index (χ0n) is 17.5. The Morgan fingerprint density at radius 1 is 1.24 bits per heavy atom. The van der Waals surface area contributed by atoms with Gasteiger partial charge < -0.3 is 14.7 Å². The molecule has 160 valence electrons. The molecule has 1 aliphatic heterocycles. The number of aryl methyl sites for hydroxylation is 1. The summed E-state index contributed by atoms with van der Waals surface area (Å²) in [6.45, 7) is 6.60. The van der Waals surface area contributed by atoms with Crippen molar-refractivity contribution in [2.24, 2.45) is 0 Å². The molecule has 1 aromatic rings. The number of likely N-dealkylation sites (tertiary alicyclic amines) is 1. The fourth-order valence-corrected chi connectivity index (χ4v) is 4.04. The molecule has 0 saturated carbocycles. The first-order valence-electron chi connectivity index (χ1n) is 10.4. The van der Waals surface area contributed by atoms with Crippen molar-refractivity contribution in [2.75, 3.05) is 19.7 Å². The van der Waals surface area contributed by atoms with Crippen LogP contribution in [0.3, 0.4) is 0 Å². The SMILES string of the molecule is CCOC(=O)[C@H](CCc1ccccc1)N(CC)[C@@H](C)C(=O)N1CCC[C@H]1C(=O)O. The van der Waals surface area contributed by atoms with Gasteiger partial charge in [-0.1, -0.05) is 37.3 Å². The Balaban J connectivity index is 2.17. The van der Waals surface area contributed by atoms with E-state index in [9.17, 15) is 19.5 Å². The van der Waals surface area contributed by atoms with Gasteiger partial charge in [-0.2, -0.15) is 0 Å². The highest BCUT2D eigenvalue weighted by molar-refractivity contribution is 5.88. The number of rotatable bonds is 10. The van der Waals surface area contributed by atoms with Crippen molar-refractivity contribution in [3.8, 4) is 0 Å². The van der Waals surface area contributed by atoms with Crippen molar-refractivity contribution in [1.29, 1.82) is 0 Å². The Morgan fingerprint density at radius 3 is 2.52 bits per heavy atom. The lowest BCUT2D eigenvalue weighted by molar-refractivity contribution is -0.155. The molecule has 2 rings (SSSR count). The van der Waals surface area contributed by atoms with Crippen LogP contribution in [0.5, 0.6) is 0 Å². The zero-order valence-corrected chi connectivity index (χ0v) is 17.5. The smallest absolute Gasteiger partial charge is 0.326 e. The fraction of sp³-hybridized carbons (Fsp3) is 0.591. The number of carbonyl (C=O) groups excluding carboxylic acids is 2. The standard InChI is InChI=1S/C22H32N2O5/c1-4-23(16(3)20(25)24-15-9-12-18(24)21(26)27)19(22(28)29-5-2)14-13-17-10-7-6-8-11-17/h6-8,10-11,16,18-19H,4-5,9,12-15H2,1-3H3,(H,26,27)/t16-,18-,19-/m0/s1. The molecule has 1 aromatic carbocycles. The molecule has 0 aromatic heterocycles. The number of hydrogen-bond acceptors (Lipinski definition) is 5. The first-order chi connectivity index (χ1) is 13.9. The summed E-state index contributed by atoms with van der Waals surface area (Å²) in [5, 5.41) is 9.41. The van der Waals surface area contributed by atoms with E-state index in [1.54, 1.807) is 13.8 Å². The van der Waals surface area contributed by atoms with Crippen molar-refractivity contribution >= 4 is 17.8 Å².